The Morgan fingerprint density at radius 3 is 2.67 bits per heavy atom. The third kappa shape index (κ3) is 3.04. The van der Waals surface area contributed by atoms with Gasteiger partial charge in [-0.15, -0.1) is 0 Å². The molecule has 0 aliphatic heterocycles. The topological polar surface area (TPSA) is 26.3 Å². The molecule has 0 heterocycles. The van der Waals surface area contributed by atoms with Crippen LogP contribution in [0.1, 0.15) is 48.0 Å². The molecule has 1 aliphatic carbocycles. The first-order chi connectivity index (χ1) is 8.30. The van der Waals surface area contributed by atoms with Gasteiger partial charge in [-0.2, -0.15) is 0 Å². The molecule has 2 nitrogen and oxygen atoms in total. The van der Waals surface area contributed by atoms with Crippen molar-refractivity contribution in [3.63, 3.8) is 0 Å². The van der Waals surface area contributed by atoms with Crippen LogP contribution < -0.4 is 0 Å². The molecule has 0 aromatic heterocycles. The molecule has 102 valence electrons. The van der Waals surface area contributed by atoms with E-state index in [0.29, 0.717) is 18.4 Å². The molecule has 0 spiro atoms. The van der Waals surface area contributed by atoms with Gasteiger partial charge in [-0.25, -0.2) is 4.79 Å². The number of carbonyl (C=O) groups excluding carboxylic acids is 1. The second-order valence-electron chi connectivity index (χ2n) is 5.88. The van der Waals surface area contributed by atoms with E-state index in [4.69, 9.17) is 4.74 Å². The molecule has 0 N–H and O–H groups in total. The quantitative estimate of drug-likeness (QED) is 0.426. The van der Waals surface area contributed by atoms with Gasteiger partial charge in [-0.3, -0.25) is 0 Å². The van der Waals surface area contributed by atoms with Crippen molar-refractivity contribution in [1.29, 1.82) is 0 Å². The zero-order chi connectivity index (χ0) is 13.9. The zero-order valence-corrected chi connectivity index (χ0v) is 12.5. The lowest BCUT2D eigenvalue weighted by Crippen LogP contribution is -2.25. The smallest absolute Gasteiger partial charge is 0.333 e. The fraction of sp³-hybridized carbons (Fsp3) is 0.688. The van der Waals surface area contributed by atoms with Gasteiger partial charge in [0.1, 0.15) is 0 Å². The Morgan fingerprint density at radius 1 is 1.61 bits per heavy atom. The first-order valence-electron chi connectivity index (χ1n) is 6.83. The summed E-state index contributed by atoms with van der Waals surface area (Å²) in [6.45, 7) is 13.1. The molecule has 0 saturated carbocycles. The summed E-state index contributed by atoms with van der Waals surface area (Å²) < 4.78 is 5.02. The van der Waals surface area contributed by atoms with Crippen LogP contribution in [0.5, 0.6) is 0 Å². The van der Waals surface area contributed by atoms with E-state index < -0.39 is 0 Å². The Kier molecular flexibility index (Phi) is 4.78. The standard InChI is InChI=1S/C16H26O2/c1-7-18-15(17)12(3)10-11(2)14-9-8-13(4)16(14,5)6/h8,10-11,14H,7,9H2,1-6H3/t11-,14?/m1/s1. The molecule has 1 aliphatic rings. The van der Waals surface area contributed by atoms with Crippen LogP contribution in [0.4, 0.5) is 0 Å². The largest absolute Gasteiger partial charge is 0.463 e. The summed E-state index contributed by atoms with van der Waals surface area (Å²) in [7, 11) is 0. The van der Waals surface area contributed by atoms with E-state index in [1.165, 1.54) is 5.57 Å². The molecule has 0 fully saturated rings. The fourth-order valence-electron chi connectivity index (χ4n) is 2.85. The van der Waals surface area contributed by atoms with Gasteiger partial charge in [0, 0.05) is 5.57 Å². The van der Waals surface area contributed by atoms with Crippen molar-refractivity contribution < 1.29 is 9.53 Å². The minimum Gasteiger partial charge on any atom is -0.463 e. The summed E-state index contributed by atoms with van der Waals surface area (Å²) in [6.07, 6.45) is 5.50. The number of hydrogen-bond donors (Lipinski definition) is 0. The van der Waals surface area contributed by atoms with E-state index in [1.54, 1.807) is 0 Å². The van der Waals surface area contributed by atoms with E-state index in [-0.39, 0.29) is 11.4 Å². The lowest BCUT2D eigenvalue weighted by Gasteiger charge is -2.33. The molecule has 0 amide bonds. The first-order valence-corrected chi connectivity index (χ1v) is 6.83. The van der Waals surface area contributed by atoms with Gasteiger partial charge in [0.05, 0.1) is 6.61 Å². The van der Waals surface area contributed by atoms with Crippen LogP contribution in [0.25, 0.3) is 0 Å². The number of ether oxygens (including phenoxy) is 1. The summed E-state index contributed by atoms with van der Waals surface area (Å²) >= 11 is 0. The minimum absolute atomic E-state index is 0.190. The van der Waals surface area contributed by atoms with E-state index in [0.717, 1.165) is 12.0 Å². The van der Waals surface area contributed by atoms with Gasteiger partial charge in [0.2, 0.25) is 0 Å². The van der Waals surface area contributed by atoms with Gasteiger partial charge >= 0.3 is 5.97 Å². The number of esters is 1. The highest BCUT2D eigenvalue weighted by molar-refractivity contribution is 5.87. The van der Waals surface area contributed by atoms with Crippen LogP contribution in [-0.2, 0) is 9.53 Å². The molecule has 1 rings (SSSR count). The predicted molar refractivity (Wildman–Crippen MR) is 75.2 cm³/mol. The lowest BCUT2D eigenvalue weighted by molar-refractivity contribution is -0.138. The second kappa shape index (κ2) is 5.73. The first kappa shape index (κ1) is 15.0. The SMILES string of the molecule is CCOC(=O)C(C)=C[C@@H](C)C1CC=C(C)C1(C)C. The number of rotatable bonds is 4. The summed E-state index contributed by atoms with van der Waals surface area (Å²) in [6, 6.07) is 0. The molecule has 0 saturated heterocycles. The maximum Gasteiger partial charge on any atom is 0.333 e. The summed E-state index contributed by atoms with van der Waals surface area (Å²) in [5.74, 6) is 0.768. The summed E-state index contributed by atoms with van der Waals surface area (Å²) in [5, 5.41) is 0. The lowest BCUT2D eigenvalue weighted by atomic mass is 9.71. The Labute approximate surface area is 111 Å². The van der Waals surface area contributed by atoms with E-state index in [1.807, 2.05) is 13.8 Å². The Bertz CT molecular complexity index is 375. The molecule has 18 heavy (non-hydrogen) atoms. The van der Waals surface area contributed by atoms with Crippen molar-refractivity contribution in [3.05, 3.63) is 23.3 Å². The van der Waals surface area contributed by atoms with Crippen molar-refractivity contribution >= 4 is 5.97 Å². The van der Waals surface area contributed by atoms with Crippen LogP contribution in [0.2, 0.25) is 0 Å². The molecule has 0 aromatic carbocycles. The number of hydrogen-bond acceptors (Lipinski definition) is 2. The average Bonchev–Trinajstić information content (AvgIpc) is 2.54. The van der Waals surface area contributed by atoms with Crippen molar-refractivity contribution in [2.75, 3.05) is 6.61 Å². The molecule has 0 radical (unpaired) electrons. The van der Waals surface area contributed by atoms with Crippen molar-refractivity contribution in [2.45, 2.75) is 48.0 Å². The van der Waals surface area contributed by atoms with Crippen LogP contribution in [0.3, 0.4) is 0 Å². The molecular formula is C16H26O2. The van der Waals surface area contributed by atoms with Crippen LogP contribution in [0, 0.1) is 17.3 Å². The maximum absolute atomic E-state index is 11.6. The Hall–Kier alpha value is -1.05. The highest BCUT2D eigenvalue weighted by atomic mass is 16.5. The van der Waals surface area contributed by atoms with Crippen molar-refractivity contribution in [2.24, 2.45) is 17.3 Å². The normalized spacial score (nSPS) is 24.7. The van der Waals surface area contributed by atoms with Gasteiger partial charge in [-0.05, 0) is 44.4 Å². The highest BCUT2D eigenvalue weighted by Crippen LogP contribution is 2.47. The molecule has 2 heteroatoms. The maximum atomic E-state index is 11.6. The third-order valence-corrected chi connectivity index (χ3v) is 4.37. The Morgan fingerprint density at radius 2 is 2.22 bits per heavy atom. The molecule has 0 bridgehead atoms. The van der Waals surface area contributed by atoms with Crippen LogP contribution in [-0.4, -0.2) is 12.6 Å². The molecular weight excluding hydrogens is 224 g/mol. The number of carbonyl (C=O) groups is 1. The van der Waals surface area contributed by atoms with Crippen LogP contribution in [0.15, 0.2) is 23.3 Å². The van der Waals surface area contributed by atoms with Gasteiger partial charge in [0.15, 0.2) is 0 Å². The van der Waals surface area contributed by atoms with E-state index in [2.05, 4.69) is 39.8 Å². The van der Waals surface area contributed by atoms with Crippen molar-refractivity contribution in [1.82, 2.24) is 0 Å². The summed E-state index contributed by atoms with van der Waals surface area (Å²) in [5.41, 5.74) is 2.41. The van der Waals surface area contributed by atoms with Crippen molar-refractivity contribution in [3.8, 4) is 0 Å². The molecule has 0 aromatic rings. The Balaban J connectivity index is 2.75. The highest BCUT2D eigenvalue weighted by Gasteiger charge is 2.37. The summed E-state index contributed by atoms with van der Waals surface area (Å²) in [4.78, 5) is 11.6. The van der Waals surface area contributed by atoms with Gasteiger partial charge in [0.25, 0.3) is 0 Å². The predicted octanol–water partition coefficient (Wildman–Crippen LogP) is 4.12. The zero-order valence-electron chi connectivity index (χ0n) is 12.5. The van der Waals surface area contributed by atoms with Crippen LogP contribution >= 0.6 is 0 Å². The number of allylic oxidation sites excluding steroid dienone is 3. The third-order valence-electron chi connectivity index (χ3n) is 4.37. The fourth-order valence-corrected chi connectivity index (χ4v) is 2.85. The average molecular weight is 250 g/mol. The second-order valence-corrected chi connectivity index (χ2v) is 5.88. The van der Waals surface area contributed by atoms with Gasteiger partial charge in [-0.1, -0.05) is 38.5 Å². The molecule has 2 atom stereocenters. The monoisotopic (exact) mass is 250 g/mol. The van der Waals surface area contributed by atoms with E-state index in [9.17, 15) is 4.79 Å². The van der Waals surface area contributed by atoms with Gasteiger partial charge < -0.3 is 4.74 Å². The van der Waals surface area contributed by atoms with E-state index >= 15 is 0 Å². The molecule has 1 unspecified atom stereocenters. The minimum atomic E-state index is -0.190.